The Morgan fingerprint density at radius 2 is 2.06 bits per heavy atom. The predicted molar refractivity (Wildman–Crippen MR) is 66.0 cm³/mol. The van der Waals surface area contributed by atoms with Crippen LogP contribution >= 0.6 is 0 Å². The molecular formula is C13H17N3O. The van der Waals surface area contributed by atoms with Crippen LogP contribution in [0.1, 0.15) is 37.4 Å². The van der Waals surface area contributed by atoms with Gasteiger partial charge in [-0.15, -0.1) is 0 Å². The van der Waals surface area contributed by atoms with E-state index < -0.39 is 6.04 Å². The molecule has 0 fully saturated rings. The summed E-state index contributed by atoms with van der Waals surface area (Å²) in [6, 6.07) is 8.62. The summed E-state index contributed by atoms with van der Waals surface area (Å²) in [6.45, 7) is 3.76. The van der Waals surface area contributed by atoms with Crippen LogP contribution in [0.5, 0.6) is 0 Å². The molecule has 1 amide bonds. The second-order valence-electron chi connectivity index (χ2n) is 3.98. The monoisotopic (exact) mass is 231 g/mol. The third-order valence-electron chi connectivity index (χ3n) is 2.68. The van der Waals surface area contributed by atoms with Crippen LogP contribution in [-0.4, -0.2) is 11.9 Å². The van der Waals surface area contributed by atoms with E-state index in [2.05, 4.69) is 11.4 Å². The Morgan fingerprint density at radius 1 is 1.47 bits per heavy atom. The average molecular weight is 231 g/mol. The number of benzene rings is 1. The van der Waals surface area contributed by atoms with Gasteiger partial charge >= 0.3 is 0 Å². The zero-order chi connectivity index (χ0) is 12.8. The fourth-order valence-corrected chi connectivity index (χ4v) is 1.44. The molecule has 0 aliphatic rings. The standard InChI is InChI=1S/C13H17N3O/c1-3-12(15)13(17)16-9(2)11-6-4-10(8-14)5-7-11/h4-7,9,12H,3,15H2,1-2H3,(H,16,17)/t9?,12-/m0/s1. The van der Waals surface area contributed by atoms with E-state index in [0.29, 0.717) is 12.0 Å². The Morgan fingerprint density at radius 3 is 2.53 bits per heavy atom. The van der Waals surface area contributed by atoms with Crippen LogP contribution < -0.4 is 11.1 Å². The topological polar surface area (TPSA) is 78.9 Å². The lowest BCUT2D eigenvalue weighted by molar-refractivity contribution is -0.123. The van der Waals surface area contributed by atoms with Crippen molar-refractivity contribution in [3.05, 3.63) is 35.4 Å². The molecule has 1 aromatic carbocycles. The maximum Gasteiger partial charge on any atom is 0.237 e. The molecule has 90 valence electrons. The molecule has 0 saturated heterocycles. The normalized spacial score (nSPS) is 13.5. The summed E-state index contributed by atoms with van der Waals surface area (Å²) in [5, 5.41) is 11.5. The smallest absolute Gasteiger partial charge is 0.237 e. The summed E-state index contributed by atoms with van der Waals surface area (Å²) in [5.41, 5.74) is 7.20. The third-order valence-corrected chi connectivity index (χ3v) is 2.68. The van der Waals surface area contributed by atoms with Crippen molar-refractivity contribution in [1.82, 2.24) is 5.32 Å². The molecule has 0 radical (unpaired) electrons. The number of nitrogens with one attached hydrogen (secondary N) is 1. The first-order valence-corrected chi connectivity index (χ1v) is 5.64. The minimum atomic E-state index is -0.462. The highest BCUT2D eigenvalue weighted by molar-refractivity contribution is 5.81. The van der Waals surface area contributed by atoms with Crippen LogP contribution in [0.4, 0.5) is 0 Å². The van der Waals surface area contributed by atoms with Crippen molar-refractivity contribution in [3.63, 3.8) is 0 Å². The minimum Gasteiger partial charge on any atom is -0.348 e. The molecule has 0 heterocycles. The highest BCUT2D eigenvalue weighted by atomic mass is 16.2. The van der Waals surface area contributed by atoms with E-state index >= 15 is 0 Å². The van der Waals surface area contributed by atoms with Gasteiger partial charge in [0, 0.05) is 0 Å². The molecule has 0 aliphatic carbocycles. The highest BCUT2D eigenvalue weighted by Crippen LogP contribution is 2.13. The van der Waals surface area contributed by atoms with E-state index in [1.807, 2.05) is 26.0 Å². The fourth-order valence-electron chi connectivity index (χ4n) is 1.44. The summed E-state index contributed by atoms with van der Waals surface area (Å²) < 4.78 is 0. The molecule has 1 aromatic rings. The number of nitrogens with zero attached hydrogens (tertiary/aromatic N) is 1. The van der Waals surface area contributed by atoms with Crippen LogP contribution in [-0.2, 0) is 4.79 Å². The van der Waals surface area contributed by atoms with Gasteiger partial charge in [0.15, 0.2) is 0 Å². The van der Waals surface area contributed by atoms with Crippen LogP contribution in [0.15, 0.2) is 24.3 Å². The van der Waals surface area contributed by atoms with Crippen LogP contribution in [0, 0.1) is 11.3 Å². The zero-order valence-electron chi connectivity index (χ0n) is 10.1. The van der Waals surface area contributed by atoms with Crippen molar-refractivity contribution in [2.24, 2.45) is 5.73 Å². The van der Waals surface area contributed by atoms with Crippen LogP contribution in [0.25, 0.3) is 0 Å². The maximum absolute atomic E-state index is 11.6. The van der Waals surface area contributed by atoms with Crippen molar-refractivity contribution in [1.29, 1.82) is 5.26 Å². The Labute approximate surface area is 101 Å². The van der Waals surface area contributed by atoms with Crippen molar-refractivity contribution in [2.45, 2.75) is 32.4 Å². The molecule has 1 unspecified atom stereocenters. The Bertz CT molecular complexity index is 419. The van der Waals surface area contributed by atoms with Gasteiger partial charge in [-0.05, 0) is 31.0 Å². The number of carbonyl (C=O) groups excluding carboxylic acids is 1. The molecule has 2 atom stereocenters. The number of amides is 1. The van der Waals surface area contributed by atoms with Gasteiger partial charge in [-0.3, -0.25) is 4.79 Å². The van der Waals surface area contributed by atoms with Crippen molar-refractivity contribution in [3.8, 4) is 6.07 Å². The molecule has 4 nitrogen and oxygen atoms in total. The first kappa shape index (κ1) is 13.2. The second-order valence-corrected chi connectivity index (χ2v) is 3.98. The van der Waals surface area contributed by atoms with E-state index in [1.54, 1.807) is 12.1 Å². The summed E-state index contributed by atoms with van der Waals surface area (Å²) >= 11 is 0. The van der Waals surface area contributed by atoms with E-state index in [9.17, 15) is 4.79 Å². The first-order valence-electron chi connectivity index (χ1n) is 5.64. The van der Waals surface area contributed by atoms with E-state index in [-0.39, 0.29) is 11.9 Å². The first-order chi connectivity index (χ1) is 8.08. The Balaban J connectivity index is 2.67. The molecule has 1 rings (SSSR count). The summed E-state index contributed by atoms with van der Waals surface area (Å²) in [5.74, 6) is -0.149. The van der Waals surface area contributed by atoms with Gasteiger partial charge in [0.05, 0.1) is 23.7 Å². The van der Waals surface area contributed by atoms with E-state index in [1.165, 1.54) is 0 Å². The van der Waals surface area contributed by atoms with E-state index in [0.717, 1.165) is 5.56 Å². The predicted octanol–water partition coefficient (Wildman–Crippen LogP) is 1.47. The number of rotatable bonds is 4. The average Bonchev–Trinajstić information content (AvgIpc) is 2.37. The van der Waals surface area contributed by atoms with Gasteiger partial charge in [-0.1, -0.05) is 19.1 Å². The van der Waals surface area contributed by atoms with Gasteiger partial charge in [-0.2, -0.15) is 5.26 Å². The highest BCUT2D eigenvalue weighted by Gasteiger charge is 2.14. The lowest BCUT2D eigenvalue weighted by Gasteiger charge is -2.17. The largest absolute Gasteiger partial charge is 0.348 e. The van der Waals surface area contributed by atoms with Crippen molar-refractivity contribution < 1.29 is 4.79 Å². The number of nitriles is 1. The molecule has 0 saturated carbocycles. The summed E-state index contributed by atoms with van der Waals surface area (Å²) in [7, 11) is 0. The molecule has 17 heavy (non-hydrogen) atoms. The number of carbonyl (C=O) groups is 1. The maximum atomic E-state index is 11.6. The lowest BCUT2D eigenvalue weighted by atomic mass is 10.1. The SMILES string of the molecule is CC[C@H](N)C(=O)NC(C)c1ccc(C#N)cc1. The molecule has 0 spiro atoms. The van der Waals surface area contributed by atoms with Gasteiger partial charge in [0.1, 0.15) is 0 Å². The minimum absolute atomic E-state index is 0.104. The van der Waals surface area contributed by atoms with Crippen molar-refractivity contribution >= 4 is 5.91 Å². The summed E-state index contributed by atoms with van der Waals surface area (Å²) in [6.07, 6.45) is 0.617. The molecule has 3 N–H and O–H groups in total. The third kappa shape index (κ3) is 3.58. The Kier molecular flexibility index (Phi) is 4.68. The molecule has 0 bridgehead atoms. The molecule has 0 aromatic heterocycles. The quantitative estimate of drug-likeness (QED) is 0.823. The van der Waals surface area contributed by atoms with Gasteiger partial charge < -0.3 is 11.1 Å². The molecular weight excluding hydrogens is 214 g/mol. The van der Waals surface area contributed by atoms with Crippen LogP contribution in [0.3, 0.4) is 0 Å². The number of hydrogen-bond donors (Lipinski definition) is 2. The second kappa shape index (κ2) is 6.02. The summed E-state index contributed by atoms with van der Waals surface area (Å²) in [4.78, 5) is 11.6. The van der Waals surface area contributed by atoms with Crippen molar-refractivity contribution in [2.75, 3.05) is 0 Å². The molecule has 4 heteroatoms. The molecule has 0 aliphatic heterocycles. The zero-order valence-corrected chi connectivity index (χ0v) is 10.1. The fraction of sp³-hybridized carbons (Fsp3) is 0.385. The van der Waals surface area contributed by atoms with Gasteiger partial charge in [0.25, 0.3) is 0 Å². The Hall–Kier alpha value is -1.86. The van der Waals surface area contributed by atoms with Crippen LogP contribution in [0.2, 0.25) is 0 Å². The van der Waals surface area contributed by atoms with E-state index in [4.69, 9.17) is 11.0 Å². The number of hydrogen-bond acceptors (Lipinski definition) is 3. The van der Waals surface area contributed by atoms with Gasteiger partial charge in [-0.25, -0.2) is 0 Å². The van der Waals surface area contributed by atoms with Gasteiger partial charge in [0.2, 0.25) is 5.91 Å². The lowest BCUT2D eigenvalue weighted by Crippen LogP contribution is -2.41. The number of nitrogens with two attached hydrogens (primary N) is 1.